The maximum Gasteiger partial charge on any atom is 0.257 e. The first-order chi connectivity index (χ1) is 10.8. The quantitative estimate of drug-likeness (QED) is 0.929. The zero-order chi connectivity index (χ0) is 15.4. The van der Waals surface area contributed by atoms with E-state index in [2.05, 4.69) is 19.9 Å². The highest BCUT2D eigenvalue weighted by atomic mass is 16.5. The van der Waals surface area contributed by atoms with Crippen molar-refractivity contribution < 1.29 is 4.74 Å². The number of rotatable bonds is 4. The van der Waals surface area contributed by atoms with Crippen LogP contribution in [0.4, 0.5) is 5.82 Å². The molecule has 0 atom stereocenters. The van der Waals surface area contributed by atoms with E-state index >= 15 is 0 Å². The van der Waals surface area contributed by atoms with Crippen molar-refractivity contribution in [3.63, 3.8) is 0 Å². The predicted molar refractivity (Wildman–Crippen MR) is 84.3 cm³/mol. The maximum absolute atomic E-state index is 11.1. The number of piperidine rings is 1. The van der Waals surface area contributed by atoms with Gasteiger partial charge in [-0.2, -0.15) is 0 Å². The number of aromatic amines is 1. The first-order valence-electron chi connectivity index (χ1n) is 7.54. The van der Waals surface area contributed by atoms with Crippen LogP contribution in [0, 0.1) is 5.92 Å². The molecule has 2 aromatic heterocycles. The lowest BCUT2D eigenvalue weighted by Crippen LogP contribution is -2.35. The summed E-state index contributed by atoms with van der Waals surface area (Å²) < 4.78 is 5.28. The van der Waals surface area contributed by atoms with Crippen LogP contribution >= 0.6 is 0 Å². The van der Waals surface area contributed by atoms with Crippen molar-refractivity contribution in [3.8, 4) is 5.88 Å². The zero-order valence-electron chi connectivity index (χ0n) is 12.7. The summed E-state index contributed by atoms with van der Waals surface area (Å²) in [6, 6.07) is 3.51. The van der Waals surface area contributed by atoms with Gasteiger partial charge in [-0.15, -0.1) is 0 Å². The number of hydrogen-bond donors (Lipinski definition) is 1. The molecule has 0 bridgehead atoms. The summed E-state index contributed by atoms with van der Waals surface area (Å²) in [5.41, 5.74) is 1.14. The third-order valence-corrected chi connectivity index (χ3v) is 4.13. The highest BCUT2D eigenvalue weighted by molar-refractivity contribution is 5.48. The van der Waals surface area contributed by atoms with Crippen LogP contribution in [0.15, 0.2) is 35.5 Å². The molecule has 3 rings (SSSR count). The summed E-state index contributed by atoms with van der Waals surface area (Å²) in [5, 5.41) is 0. The molecule has 0 saturated carbocycles. The molecule has 0 amide bonds. The zero-order valence-corrected chi connectivity index (χ0v) is 12.7. The minimum atomic E-state index is -0.0479. The largest absolute Gasteiger partial charge is 0.478 e. The fraction of sp³-hybridized carbons (Fsp3) is 0.438. The SMILES string of the molecule is COc1nccnc1N1CCC(Cc2ccc(=O)[nH]c2)CC1. The first kappa shape index (κ1) is 14.6. The summed E-state index contributed by atoms with van der Waals surface area (Å²) in [4.78, 5) is 24.7. The number of anilines is 1. The van der Waals surface area contributed by atoms with Crippen molar-refractivity contribution in [1.82, 2.24) is 15.0 Å². The average Bonchev–Trinajstić information content (AvgIpc) is 2.58. The Balaban J connectivity index is 1.60. The summed E-state index contributed by atoms with van der Waals surface area (Å²) in [7, 11) is 1.62. The molecule has 0 spiro atoms. The second-order valence-corrected chi connectivity index (χ2v) is 5.58. The average molecular weight is 300 g/mol. The van der Waals surface area contributed by atoms with Gasteiger partial charge in [0.05, 0.1) is 7.11 Å². The van der Waals surface area contributed by atoms with Gasteiger partial charge in [0, 0.05) is 37.7 Å². The van der Waals surface area contributed by atoms with Gasteiger partial charge in [-0.25, -0.2) is 9.97 Å². The van der Waals surface area contributed by atoms with Crippen LogP contribution in [0.5, 0.6) is 5.88 Å². The number of nitrogens with zero attached hydrogens (tertiary/aromatic N) is 3. The Morgan fingerprint density at radius 2 is 2.05 bits per heavy atom. The van der Waals surface area contributed by atoms with Crippen LogP contribution in [-0.2, 0) is 6.42 Å². The molecule has 1 N–H and O–H groups in total. The number of methoxy groups -OCH3 is 1. The lowest BCUT2D eigenvalue weighted by atomic mass is 9.91. The highest BCUT2D eigenvalue weighted by Crippen LogP contribution is 2.28. The highest BCUT2D eigenvalue weighted by Gasteiger charge is 2.23. The van der Waals surface area contributed by atoms with Crippen LogP contribution < -0.4 is 15.2 Å². The molecule has 0 aliphatic carbocycles. The van der Waals surface area contributed by atoms with Gasteiger partial charge < -0.3 is 14.6 Å². The van der Waals surface area contributed by atoms with Crippen molar-refractivity contribution in [1.29, 1.82) is 0 Å². The van der Waals surface area contributed by atoms with Crippen LogP contribution in [-0.4, -0.2) is 35.2 Å². The molecule has 0 unspecified atom stereocenters. The van der Waals surface area contributed by atoms with Crippen LogP contribution in [0.3, 0.4) is 0 Å². The van der Waals surface area contributed by atoms with Gasteiger partial charge in [0.25, 0.3) is 5.88 Å². The third-order valence-electron chi connectivity index (χ3n) is 4.13. The molecule has 116 valence electrons. The van der Waals surface area contributed by atoms with Gasteiger partial charge in [-0.3, -0.25) is 4.79 Å². The van der Waals surface area contributed by atoms with Crippen molar-refractivity contribution in [2.24, 2.45) is 5.92 Å². The van der Waals surface area contributed by atoms with Gasteiger partial charge in [0.2, 0.25) is 5.56 Å². The second kappa shape index (κ2) is 6.60. The Kier molecular flexibility index (Phi) is 4.37. The third kappa shape index (κ3) is 3.27. The Labute approximate surface area is 129 Å². The van der Waals surface area contributed by atoms with Gasteiger partial charge in [-0.05, 0) is 30.7 Å². The van der Waals surface area contributed by atoms with E-state index in [1.165, 1.54) is 5.56 Å². The molecule has 0 aromatic carbocycles. The van der Waals surface area contributed by atoms with Gasteiger partial charge in [0.1, 0.15) is 0 Å². The fourth-order valence-electron chi connectivity index (χ4n) is 2.93. The smallest absolute Gasteiger partial charge is 0.257 e. The minimum Gasteiger partial charge on any atom is -0.478 e. The van der Waals surface area contributed by atoms with Gasteiger partial charge >= 0.3 is 0 Å². The van der Waals surface area contributed by atoms with E-state index in [1.54, 1.807) is 25.6 Å². The van der Waals surface area contributed by atoms with E-state index in [9.17, 15) is 4.79 Å². The molecule has 6 nitrogen and oxygen atoms in total. The minimum absolute atomic E-state index is 0.0479. The van der Waals surface area contributed by atoms with Crippen LogP contribution in [0.1, 0.15) is 18.4 Å². The molecule has 3 heterocycles. The Hall–Kier alpha value is -2.37. The van der Waals surface area contributed by atoms with E-state index in [0.29, 0.717) is 11.8 Å². The van der Waals surface area contributed by atoms with E-state index in [-0.39, 0.29) is 5.56 Å². The van der Waals surface area contributed by atoms with Gasteiger partial charge in [-0.1, -0.05) is 6.07 Å². The summed E-state index contributed by atoms with van der Waals surface area (Å²) >= 11 is 0. The van der Waals surface area contributed by atoms with Crippen molar-refractivity contribution in [2.75, 3.05) is 25.1 Å². The molecule has 0 radical (unpaired) electrons. The number of pyridine rings is 1. The molecule has 1 saturated heterocycles. The monoisotopic (exact) mass is 300 g/mol. The van der Waals surface area contributed by atoms with E-state index in [0.717, 1.165) is 38.2 Å². The van der Waals surface area contributed by atoms with Crippen molar-refractivity contribution in [2.45, 2.75) is 19.3 Å². The Morgan fingerprint density at radius 1 is 1.27 bits per heavy atom. The molecular formula is C16H20N4O2. The predicted octanol–water partition coefficient (Wildman–Crippen LogP) is 1.63. The normalized spacial score (nSPS) is 15.8. The number of ether oxygens (including phenoxy) is 1. The van der Waals surface area contributed by atoms with E-state index < -0.39 is 0 Å². The molecule has 1 aliphatic rings. The topological polar surface area (TPSA) is 71.1 Å². The van der Waals surface area contributed by atoms with Crippen molar-refractivity contribution >= 4 is 5.82 Å². The first-order valence-corrected chi connectivity index (χ1v) is 7.54. The molecule has 2 aromatic rings. The molecular weight excluding hydrogens is 280 g/mol. The number of hydrogen-bond acceptors (Lipinski definition) is 5. The number of nitrogens with one attached hydrogen (secondary N) is 1. The molecule has 1 fully saturated rings. The van der Waals surface area contributed by atoms with Crippen LogP contribution in [0.2, 0.25) is 0 Å². The standard InChI is InChI=1S/C16H20N4O2/c1-22-16-15(17-6-7-18-16)20-8-4-12(5-9-20)10-13-2-3-14(21)19-11-13/h2-3,6-7,11-12H,4-5,8-10H2,1H3,(H,19,21). The van der Waals surface area contributed by atoms with Crippen LogP contribution in [0.25, 0.3) is 0 Å². The maximum atomic E-state index is 11.1. The Bertz CT molecular complexity index is 657. The van der Waals surface area contributed by atoms with Crippen molar-refractivity contribution in [3.05, 3.63) is 46.6 Å². The lowest BCUT2D eigenvalue weighted by molar-refractivity contribution is 0.378. The Morgan fingerprint density at radius 3 is 2.73 bits per heavy atom. The number of H-pyrrole nitrogens is 1. The summed E-state index contributed by atoms with van der Waals surface area (Å²) in [6.45, 7) is 1.89. The molecule has 22 heavy (non-hydrogen) atoms. The summed E-state index contributed by atoms with van der Waals surface area (Å²) in [5.74, 6) is 2.04. The van der Waals surface area contributed by atoms with E-state index in [1.807, 2.05) is 12.3 Å². The number of aromatic nitrogens is 3. The lowest BCUT2D eigenvalue weighted by Gasteiger charge is -2.33. The second-order valence-electron chi connectivity index (χ2n) is 5.58. The van der Waals surface area contributed by atoms with Gasteiger partial charge in [0.15, 0.2) is 5.82 Å². The molecule has 1 aliphatic heterocycles. The van der Waals surface area contributed by atoms with E-state index in [4.69, 9.17) is 4.74 Å². The molecule has 6 heteroatoms. The summed E-state index contributed by atoms with van der Waals surface area (Å²) in [6.07, 6.45) is 8.36. The fourth-order valence-corrected chi connectivity index (χ4v) is 2.93.